The van der Waals surface area contributed by atoms with Crippen molar-refractivity contribution in [3.63, 3.8) is 0 Å². The molecule has 0 bridgehead atoms. The van der Waals surface area contributed by atoms with E-state index in [0.29, 0.717) is 19.3 Å². The molecule has 0 unspecified atom stereocenters. The number of aliphatic hydroxyl groups excluding tert-OH is 1. The fourth-order valence-electron chi connectivity index (χ4n) is 5.84. The Morgan fingerprint density at radius 1 is 1.00 bits per heavy atom. The van der Waals surface area contributed by atoms with Crippen molar-refractivity contribution in [3.8, 4) is 0 Å². The van der Waals surface area contributed by atoms with E-state index in [1.807, 2.05) is 72.8 Å². The molecule has 4 atom stereocenters. The molecule has 4 rings (SSSR count). The molecule has 0 radical (unpaired) electrons. The first-order chi connectivity index (χ1) is 19.9. The van der Waals surface area contributed by atoms with E-state index in [1.54, 1.807) is 0 Å². The number of carbonyl (C=O) groups excluding carboxylic acids is 3. The van der Waals surface area contributed by atoms with Gasteiger partial charge in [-0.1, -0.05) is 85.7 Å². The van der Waals surface area contributed by atoms with Crippen LogP contribution >= 0.6 is 0 Å². The van der Waals surface area contributed by atoms with Gasteiger partial charge in [0.1, 0.15) is 6.10 Å². The first-order valence-electron chi connectivity index (χ1n) is 14.6. The van der Waals surface area contributed by atoms with Gasteiger partial charge in [0.15, 0.2) is 0 Å². The first-order valence-corrected chi connectivity index (χ1v) is 14.6. The number of allylic oxidation sites excluding steroid dienone is 2. The third kappa shape index (κ3) is 8.50. The average Bonchev–Trinajstić information content (AvgIpc) is 3.45. The van der Waals surface area contributed by atoms with Crippen LogP contribution in [0.2, 0.25) is 0 Å². The molecule has 41 heavy (non-hydrogen) atoms. The molecule has 0 spiro atoms. The number of benzene rings is 2. The Balaban J connectivity index is 1.61. The Morgan fingerprint density at radius 2 is 1.63 bits per heavy atom. The highest BCUT2D eigenvalue weighted by Gasteiger charge is 2.37. The molecule has 1 fully saturated rings. The quantitative estimate of drug-likeness (QED) is 0.314. The smallest absolute Gasteiger partial charge is 0.310 e. The minimum atomic E-state index is -0.778. The highest BCUT2D eigenvalue weighted by Crippen LogP contribution is 2.30. The maximum absolute atomic E-state index is 13.6. The second kappa shape index (κ2) is 14.9. The van der Waals surface area contributed by atoms with E-state index in [9.17, 15) is 19.5 Å². The number of ether oxygens (including phenoxy) is 2. The van der Waals surface area contributed by atoms with Gasteiger partial charge >= 0.3 is 5.97 Å². The number of amides is 2. The van der Waals surface area contributed by atoms with E-state index in [-0.39, 0.29) is 37.4 Å². The van der Waals surface area contributed by atoms with Crippen molar-refractivity contribution in [2.45, 2.75) is 69.1 Å². The van der Waals surface area contributed by atoms with Crippen molar-refractivity contribution >= 4 is 17.8 Å². The fraction of sp³-hybridized carbons (Fsp3) is 0.485. The van der Waals surface area contributed by atoms with Crippen LogP contribution in [0.15, 0.2) is 72.8 Å². The molecule has 1 aliphatic carbocycles. The van der Waals surface area contributed by atoms with Gasteiger partial charge in [-0.25, -0.2) is 0 Å². The molecule has 8 heteroatoms. The summed E-state index contributed by atoms with van der Waals surface area (Å²) in [4.78, 5) is 40.4. The summed E-state index contributed by atoms with van der Waals surface area (Å²) in [6, 6.07) is 18.5. The van der Waals surface area contributed by atoms with Crippen LogP contribution in [0.5, 0.6) is 0 Å². The molecule has 2 aromatic rings. The molecule has 0 saturated heterocycles. The number of rotatable bonds is 9. The summed E-state index contributed by atoms with van der Waals surface area (Å²) in [6.07, 6.45) is 7.66. The number of carbonyl (C=O) groups is 3. The first kappa shape index (κ1) is 30.5. The zero-order chi connectivity index (χ0) is 29.1. The van der Waals surface area contributed by atoms with E-state index in [1.165, 1.54) is 7.11 Å². The summed E-state index contributed by atoms with van der Waals surface area (Å²) in [5.74, 6) is -1.97. The number of aliphatic hydroxyl groups is 1. The third-order valence-corrected chi connectivity index (χ3v) is 8.15. The summed E-state index contributed by atoms with van der Waals surface area (Å²) >= 11 is 0. The van der Waals surface area contributed by atoms with Crippen LogP contribution in [0.4, 0.5) is 0 Å². The molecule has 3 N–H and O–H groups in total. The van der Waals surface area contributed by atoms with Crippen LogP contribution in [0.25, 0.3) is 0 Å². The predicted octanol–water partition coefficient (Wildman–Crippen LogP) is 4.04. The fourth-order valence-corrected chi connectivity index (χ4v) is 5.84. The lowest BCUT2D eigenvalue weighted by Gasteiger charge is -2.31. The molecule has 2 aliphatic rings. The van der Waals surface area contributed by atoms with Gasteiger partial charge in [-0.05, 0) is 43.2 Å². The number of hydrogen-bond donors (Lipinski definition) is 3. The van der Waals surface area contributed by atoms with Gasteiger partial charge in [0.25, 0.3) is 0 Å². The van der Waals surface area contributed by atoms with Crippen molar-refractivity contribution in [1.82, 2.24) is 10.6 Å². The number of methoxy groups -OCH3 is 1. The summed E-state index contributed by atoms with van der Waals surface area (Å²) in [5, 5.41) is 16.0. The maximum atomic E-state index is 13.6. The number of hydrogen-bond acceptors (Lipinski definition) is 6. The van der Waals surface area contributed by atoms with Gasteiger partial charge in [0, 0.05) is 13.5 Å². The molecule has 220 valence electrons. The summed E-state index contributed by atoms with van der Waals surface area (Å²) in [5.41, 5.74) is 1.17. The molecule has 1 saturated carbocycles. The zero-order valence-electron chi connectivity index (χ0n) is 23.8. The number of cyclic esters (lactones) is 1. The van der Waals surface area contributed by atoms with Crippen LogP contribution in [0.1, 0.15) is 62.2 Å². The molecular weight excluding hydrogens is 520 g/mol. The summed E-state index contributed by atoms with van der Waals surface area (Å²) in [7, 11) is 1.54. The van der Waals surface area contributed by atoms with Crippen LogP contribution in [-0.4, -0.2) is 54.8 Å². The van der Waals surface area contributed by atoms with Crippen molar-refractivity contribution in [1.29, 1.82) is 0 Å². The topological polar surface area (TPSA) is 114 Å². The van der Waals surface area contributed by atoms with E-state index >= 15 is 0 Å². The van der Waals surface area contributed by atoms with Crippen LogP contribution in [0.3, 0.4) is 0 Å². The van der Waals surface area contributed by atoms with Crippen LogP contribution in [-0.2, 0) is 30.3 Å². The van der Waals surface area contributed by atoms with Crippen molar-refractivity contribution in [3.05, 3.63) is 83.9 Å². The van der Waals surface area contributed by atoms with Crippen molar-refractivity contribution < 1.29 is 29.0 Å². The van der Waals surface area contributed by atoms with Crippen molar-refractivity contribution in [2.24, 2.45) is 11.8 Å². The normalized spacial score (nSPS) is 24.9. The minimum absolute atomic E-state index is 0.0130. The van der Waals surface area contributed by atoms with Crippen molar-refractivity contribution in [2.75, 3.05) is 20.3 Å². The lowest BCUT2D eigenvalue weighted by Crippen LogP contribution is -2.51. The van der Waals surface area contributed by atoms with Gasteiger partial charge in [-0.2, -0.15) is 0 Å². The second-order valence-electron chi connectivity index (χ2n) is 11.3. The van der Waals surface area contributed by atoms with Gasteiger partial charge in [0.2, 0.25) is 11.8 Å². The maximum Gasteiger partial charge on any atom is 0.310 e. The highest BCUT2D eigenvalue weighted by atomic mass is 16.5. The van der Waals surface area contributed by atoms with Crippen LogP contribution < -0.4 is 10.6 Å². The van der Waals surface area contributed by atoms with Gasteiger partial charge in [-0.15, -0.1) is 0 Å². The predicted molar refractivity (Wildman–Crippen MR) is 156 cm³/mol. The highest BCUT2D eigenvalue weighted by molar-refractivity contribution is 5.86. The summed E-state index contributed by atoms with van der Waals surface area (Å²) < 4.78 is 11.6. The Bertz CT molecular complexity index is 1160. The minimum Gasteiger partial charge on any atom is -0.455 e. The van der Waals surface area contributed by atoms with Crippen LogP contribution in [0, 0.1) is 11.8 Å². The third-order valence-electron chi connectivity index (χ3n) is 8.15. The van der Waals surface area contributed by atoms with Gasteiger partial charge in [0.05, 0.1) is 36.6 Å². The zero-order valence-corrected chi connectivity index (χ0v) is 23.8. The van der Waals surface area contributed by atoms with E-state index < -0.39 is 29.5 Å². The largest absolute Gasteiger partial charge is 0.455 e. The van der Waals surface area contributed by atoms with Gasteiger partial charge < -0.3 is 25.2 Å². The average molecular weight is 563 g/mol. The van der Waals surface area contributed by atoms with Gasteiger partial charge in [-0.3, -0.25) is 14.4 Å². The number of nitrogens with one attached hydrogen (secondary N) is 2. The van der Waals surface area contributed by atoms with E-state index in [2.05, 4.69) is 10.6 Å². The molecule has 0 aromatic heterocycles. The molecule has 8 nitrogen and oxygen atoms in total. The SMILES string of the molecule is COC[C@@H]1NC(=O)[C@@H](CC(=O)NC2(CO)CCCC2)CC=CC[C@H](Cc2ccccc2)C(=O)O[C@H]1c1ccccc1. The monoisotopic (exact) mass is 562 g/mol. The number of esters is 1. The summed E-state index contributed by atoms with van der Waals surface area (Å²) in [6.45, 7) is 0.00264. The molecular formula is C33H42N2O6. The second-order valence-corrected chi connectivity index (χ2v) is 11.3. The van der Waals surface area contributed by atoms with E-state index in [4.69, 9.17) is 9.47 Å². The lowest BCUT2D eigenvalue weighted by atomic mass is 9.92. The van der Waals surface area contributed by atoms with E-state index in [0.717, 1.165) is 36.8 Å². The molecule has 1 aliphatic heterocycles. The molecule has 2 aromatic carbocycles. The lowest BCUT2D eigenvalue weighted by molar-refractivity contribution is -0.158. The molecule has 1 heterocycles. The molecule has 2 amide bonds. The standard InChI is InChI=1S/C33H42N2O6/c1-40-22-28-30(25-14-6-3-7-15-25)41-32(39)27(20-24-12-4-2-5-13-24)17-9-8-16-26(31(38)34-28)21-29(37)35-33(23-36)18-10-11-19-33/h2-9,12-15,26-28,30,36H,10-11,16-23H2,1H3,(H,34,38)(H,35,37)/t26-,27-,28+,30+/m1/s1. The Labute approximate surface area is 242 Å². The Hall–Kier alpha value is -3.49. The Morgan fingerprint density at radius 3 is 2.27 bits per heavy atom. The Kier molecular flexibility index (Phi) is 11.1.